The number of methoxy groups -OCH3 is 1. The summed E-state index contributed by atoms with van der Waals surface area (Å²) in [5.74, 6) is 0.155. The van der Waals surface area contributed by atoms with E-state index >= 15 is 0 Å². The molecule has 0 aliphatic carbocycles. The van der Waals surface area contributed by atoms with E-state index < -0.39 is 17.9 Å². The van der Waals surface area contributed by atoms with E-state index in [-0.39, 0.29) is 18.8 Å². The Morgan fingerprint density at radius 3 is 2.17 bits per heavy atom. The molecule has 130 valence electrons. The molecule has 0 N–H and O–H groups in total. The van der Waals surface area contributed by atoms with Crippen LogP contribution >= 0.6 is 0 Å². The van der Waals surface area contributed by atoms with Crippen molar-refractivity contribution >= 4 is 17.9 Å². The molecule has 0 amide bonds. The third-order valence-electron chi connectivity index (χ3n) is 3.43. The standard InChI is InChI=1S/C17H28O4SSi/c1-14(2)16(21-13-20-3)12-17(23(4,5)6)22(18,19)15-10-8-7-9-11-15/h7-12,14,16H,13H2,1-6H3/b17-12-/t16-/m1/s1. The van der Waals surface area contributed by atoms with Crippen molar-refractivity contribution < 1.29 is 17.9 Å². The molecule has 1 rings (SSSR count). The highest BCUT2D eigenvalue weighted by atomic mass is 32.2. The molecular formula is C17H28O4SSi. The van der Waals surface area contributed by atoms with E-state index in [0.717, 1.165) is 0 Å². The Morgan fingerprint density at radius 1 is 1.17 bits per heavy atom. The first-order valence-corrected chi connectivity index (χ1v) is 12.7. The van der Waals surface area contributed by atoms with Crippen molar-refractivity contribution in [2.75, 3.05) is 13.9 Å². The van der Waals surface area contributed by atoms with Crippen molar-refractivity contribution in [3.8, 4) is 0 Å². The van der Waals surface area contributed by atoms with Crippen LogP contribution in [0.3, 0.4) is 0 Å². The quantitative estimate of drug-likeness (QED) is 0.524. The Kier molecular flexibility index (Phi) is 7.19. The first-order valence-electron chi connectivity index (χ1n) is 7.73. The van der Waals surface area contributed by atoms with Gasteiger partial charge < -0.3 is 9.47 Å². The fourth-order valence-electron chi connectivity index (χ4n) is 2.20. The normalized spacial score (nSPS) is 15.0. The van der Waals surface area contributed by atoms with Gasteiger partial charge in [-0.25, -0.2) is 8.42 Å². The average molecular weight is 357 g/mol. The second-order valence-electron chi connectivity index (χ2n) is 6.88. The topological polar surface area (TPSA) is 52.6 Å². The monoisotopic (exact) mass is 356 g/mol. The maximum Gasteiger partial charge on any atom is 0.198 e. The predicted molar refractivity (Wildman–Crippen MR) is 96.6 cm³/mol. The van der Waals surface area contributed by atoms with Crippen molar-refractivity contribution in [1.29, 1.82) is 0 Å². The molecule has 0 radical (unpaired) electrons. The zero-order valence-electron chi connectivity index (χ0n) is 14.9. The van der Waals surface area contributed by atoms with Crippen LogP contribution in [0.1, 0.15) is 13.8 Å². The molecule has 0 fully saturated rings. The Hall–Kier alpha value is -0.953. The molecule has 0 bridgehead atoms. The van der Waals surface area contributed by atoms with Gasteiger partial charge in [0.1, 0.15) is 6.79 Å². The zero-order chi connectivity index (χ0) is 17.7. The van der Waals surface area contributed by atoms with E-state index in [4.69, 9.17) is 9.47 Å². The maximum atomic E-state index is 13.1. The molecule has 4 nitrogen and oxygen atoms in total. The van der Waals surface area contributed by atoms with Crippen LogP contribution in [-0.2, 0) is 19.3 Å². The Bertz CT molecular complexity index is 616. The Balaban J connectivity index is 3.37. The molecule has 1 aromatic carbocycles. The summed E-state index contributed by atoms with van der Waals surface area (Å²) in [4.78, 5) is 0.336. The maximum absolute atomic E-state index is 13.1. The smallest absolute Gasteiger partial charge is 0.198 e. The Labute approximate surface area is 141 Å². The molecular weight excluding hydrogens is 328 g/mol. The van der Waals surface area contributed by atoms with Crippen LogP contribution in [0.5, 0.6) is 0 Å². The average Bonchev–Trinajstić information content (AvgIpc) is 2.46. The summed E-state index contributed by atoms with van der Waals surface area (Å²) in [5, 5.41) is 0. The lowest BCUT2D eigenvalue weighted by atomic mass is 10.1. The number of benzene rings is 1. The number of rotatable bonds is 8. The van der Waals surface area contributed by atoms with Crippen LogP contribution in [0, 0.1) is 5.92 Å². The highest BCUT2D eigenvalue weighted by Gasteiger charge is 2.33. The van der Waals surface area contributed by atoms with Crippen molar-refractivity contribution in [2.45, 2.75) is 44.5 Å². The first-order chi connectivity index (χ1) is 10.6. The highest BCUT2D eigenvalue weighted by Crippen LogP contribution is 2.29. The van der Waals surface area contributed by atoms with Gasteiger partial charge in [-0.1, -0.05) is 51.7 Å². The molecule has 0 saturated heterocycles. The summed E-state index contributed by atoms with van der Waals surface area (Å²) in [5.41, 5.74) is 0. The fourth-order valence-corrected chi connectivity index (χ4v) is 7.52. The van der Waals surface area contributed by atoms with Crippen molar-refractivity contribution in [3.05, 3.63) is 40.9 Å². The van der Waals surface area contributed by atoms with E-state index in [2.05, 4.69) is 0 Å². The predicted octanol–water partition coefficient (Wildman–Crippen LogP) is 3.87. The molecule has 0 saturated carbocycles. The summed E-state index contributed by atoms with van der Waals surface area (Å²) in [6, 6.07) is 8.59. The minimum atomic E-state index is -3.51. The number of ether oxygens (including phenoxy) is 2. The summed E-state index contributed by atoms with van der Waals surface area (Å²) >= 11 is 0. The molecule has 0 spiro atoms. The molecule has 23 heavy (non-hydrogen) atoms. The van der Waals surface area contributed by atoms with E-state index in [1.807, 2.05) is 39.6 Å². The van der Waals surface area contributed by atoms with Gasteiger partial charge in [0.15, 0.2) is 9.84 Å². The molecule has 0 aliphatic heterocycles. The van der Waals surface area contributed by atoms with Gasteiger partial charge in [0.25, 0.3) is 0 Å². The Morgan fingerprint density at radius 2 is 1.74 bits per heavy atom. The van der Waals surface area contributed by atoms with Gasteiger partial charge in [-0.05, 0) is 24.1 Å². The fraction of sp³-hybridized carbons (Fsp3) is 0.529. The number of hydrogen-bond donors (Lipinski definition) is 0. The minimum Gasteiger partial charge on any atom is -0.359 e. The van der Waals surface area contributed by atoms with Crippen molar-refractivity contribution in [2.24, 2.45) is 5.92 Å². The second kappa shape index (κ2) is 8.24. The van der Waals surface area contributed by atoms with Gasteiger partial charge in [-0.2, -0.15) is 0 Å². The van der Waals surface area contributed by atoms with Crippen LogP contribution in [0.2, 0.25) is 19.6 Å². The summed E-state index contributed by atoms with van der Waals surface area (Å²) in [7, 11) is -4.05. The summed E-state index contributed by atoms with van der Waals surface area (Å²) in [6.45, 7) is 10.3. The van der Waals surface area contributed by atoms with Crippen LogP contribution in [0.25, 0.3) is 0 Å². The minimum absolute atomic E-state index is 0.143. The van der Waals surface area contributed by atoms with E-state index in [1.54, 1.807) is 37.5 Å². The van der Waals surface area contributed by atoms with Crippen molar-refractivity contribution in [3.63, 3.8) is 0 Å². The second-order valence-corrected chi connectivity index (χ2v) is 14.2. The zero-order valence-corrected chi connectivity index (χ0v) is 16.7. The molecule has 0 heterocycles. The lowest BCUT2D eigenvalue weighted by Gasteiger charge is -2.25. The van der Waals surface area contributed by atoms with Gasteiger partial charge in [0.05, 0.1) is 19.1 Å². The molecule has 1 atom stereocenters. The van der Waals surface area contributed by atoms with Crippen LogP contribution < -0.4 is 0 Å². The number of sulfone groups is 1. The largest absolute Gasteiger partial charge is 0.359 e. The van der Waals surface area contributed by atoms with E-state index in [1.165, 1.54) is 0 Å². The van der Waals surface area contributed by atoms with Gasteiger partial charge in [0, 0.05) is 11.6 Å². The van der Waals surface area contributed by atoms with Crippen LogP contribution in [0.15, 0.2) is 45.8 Å². The summed E-state index contributed by atoms with van der Waals surface area (Å²) < 4.78 is 37.3. The third-order valence-corrected chi connectivity index (χ3v) is 9.33. The molecule has 0 aliphatic rings. The third kappa shape index (κ3) is 5.56. The first kappa shape index (κ1) is 20.1. The molecule has 6 heteroatoms. The lowest BCUT2D eigenvalue weighted by molar-refractivity contribution is -0.0685. The lowest BCUT2D eigenvalue weighted by Crippen LogP contribution is -2.32. The highest BCUT2D eigenvalue weighted by molar-refractivity contribution is 7.97. The summed E-state index contributed by atoms with van der Waals surface area (Å²) in [6.07, 6.45) is 1.49. The van der Waals surface area contributed by atoms with Crippen LogP contribution in [-0.4, -0.2) is 36.5 Å². The van der Waals surface area contributed by atoms with Gasteiger partial charge >= 0.3 is 0 Å². The van der Waals surface area contributed by atoms with Crippen LogP contribution in [0.4, 0.5) is 0 Å². The van der Waals surface area contributed by atoms with E-state index in [9.17, 15) is 8.42 Å². The number of hydrogen-bond acceptors (Lipinski definition) is 4. The van der Waals surface area contributed by atoms with Crippen molar-refractivity contribution in [1.82, 2.24) is 0 Å². The SMILES string of the molecule is COCO[C@H](/C=C(\[Si](C)(C)C)S(=O)(=O)c1ccccc1)C(C)C. The van der Waals surface area contributed by atoms with Gasteiger partial charge in [-0.15, -0.1) is 0 Å². The molecule has 1 aromatic rings. The van der Waals surface area contributed by atoms with Gasteiger partial charge in [0.2, 0.25) is 0 Å². The van der Waals surface area contributed by atoms with E-state index in [0.29, 0.717) is 9.42 Å². The molecule has 0 aromatic heterocycles. The molecule has 0 unspecified atom stereocenters. The van der Waals surface area contributed by atoms with Gasteiger partial charge in [-0.3, -0.25) is 0 Å².